The van der Waals surface area contributed by atoms with E-state index in [4.69, 9.17) is 13.9 Å². The molecule has 0 aliphatic carbocycles. The summed E-state index contributed by atoms with van der Waals surface area (Å²) in [5.41, 5.74) is 1.20. The van der Waals surface area contributed by atoms with Gasteiger partial charge >= 0.3 is 0 Å². The van der Waals surface area contributed by atoms with Crippen molar-refractivity contribution in [3.05, 3.63) is 84.4 Å². The topological polar surface area (TPSA) is 90.7 Å². The lowest BCUT2D eigenvalue weighted by atomic mass is 10.1. The Kier molecular flexibility index (Phi) is 5.09. The van der Waals surface area contributed by atoms with Crippen molar-refractivity contribution in [1.82, 2.24) is 9.71 Å². The molecular formula is C23H20N2O5S. The lowest BCUT2D eigenvalue weighted by Gasteiger charge is -2.17. The number of nitrogens with one attached hydrogen (secondary N) is 1. The molecule has 3 heterocycles. The number of para-hydroxylation sites is 1. The number of furan rings is 1. The largest absolute Gasteiger partial charge is 0.490 e. The average Bonchev–Trinajstić information content (AvgIpc) is 3.08. The second-order valence-electron chi connectivity index (χ2n) is 7.15. The van der Waals surface area contributed by atoms with Gasteiger partial charge in [-0.1, -0.05) is 24.3 Å². The van der Waals surface area contributed by atoms with Crippen LogP contribution < -0.4 is 14.2 Å². The van der Waals surface area contributed by atoms with E-state index in [-0.39, 0.29) is 4.90 Å². The van der Waals surface area contributed by atoms with Crippen molar-refractivity contribution in [1.29, 1.82) is 0 Å². The van der Waals surface area contributed by atoms with Gasteiger partial charge in [-0.3, -0.25) is 4.98 Å². The molecule has 8 heteroatoms. The summed E-state index contributed by atoms with van der Waals surface area (Å²) in [7, 11) is -3.92. The molecule has 2 aromatic carbocycles. The summed E-state index contributed by atoms with van der Waals surface area (Å²) in [6, 6.07) is 18.5. The zero-order valence-corrected chi connectivity index (χ0v) is 17.3. The van der Waals surface area contributed by atoms with Crippen LogP contribution in [0.25, 0.3) is 11.0 Å². The first-order chi connectivity index (χ1) is 15.1. The van der Waals surface area contributed by atoms with Gasteiger partial charge < -0.3 is 13.9 Å². The Morgan fingerprint density at radius 1 is 0.903 bits per heavy atom. The number of pyridine rings is 1. The fraction of sp³-hybridized carbons (Fsp3) is 0.174. The Labute approximate surface area is 179 Å². The molecule has 1 aliphatic rings. The monoisotopic (exact) mass is 436 g/mol. The number of ether oxygens (including phenoxy) is 2. The molecular weight excluding hydrogens is 416 g/mol. The molecule has 0 saturated heterocycles. The minimum atomic E-state index is -3.92. The van der Waals surface area contributed by atoms with E-state index < -0.39 is 16.1 Å². The van der Waals surface area contributed by atoms with Gasteiger partial charge in [0.05, 0.1) is 23.8 Å². The summed E-state index contributed by atoms with van der Waals surface area (Å²) in [6.45, 7) is 1.00. The minimum absolute atomic E-state index is 0.0776. The summed E-state index contributed by atoms with van der Waals surface area (Å²) in [4.78, 5) is 4.43. The van der Waals surface area contributed by atoms with Crippen LogP contribution in [0.1, 0.15) is 23.9 Å². The molecule has 7 nitrogen and oxygen atoms in total. The molecule has 158 valence electrons. The van der Waals surface area contributed by atoms with Crippen LogP contribution in [0.2, 0.25) is 0 Å². The highest BCUT2D eigenvalue weighted by Gasteiger charge is 2.28. The molecule has 1 unspecified atom stereocenters. The molecule has 5 rings (SSSR count). The van der Waals surface area contributed by atoms with Crippen molar-refractivity contribution < 1.29 is 22.3 Å². The summed E-state index contributed by atoms with van der Waals surface area (Å²) in [5.74, 6) is 1.41. The zero-order chi connectivity index (χ0) is 21.3. The summed E-state index contributed by atoms with van der Waals surface area (Å²) < 4.78 is 46.6. The fourth-order valence-corrected chi connectivity index (χ4v) is 4.68. The summed E-state index contributed by atoms with van der Waals surface area (Å²) >= 11 is 0. The highest BCUT2D eigenvalue weighted by atomic mass is 32.2. The molecule has 0 amide bonds. The van der Waals surface area contributed by atoms with E-state index >= 15 is 0 Å². The second kappa shape index (κ2) is 8.05. The smallest absolute Gasteiger partial charge is 0.241 e. The predicted molar refractivity (Wildman–Crippen MR) is 115 cm³/mol. The zero-order valence-electron chi connectivity index (χ0n) is 16.5. The highest BCUT2D eigenvalue weighted by Crippen LogP contribution is 2.33. The molecule has 31 heavy (non-hydrogen) atoms. The van der Waals surface area contributed by atoms with Crippen molar-refractivity contribution in [2.75, 3.05) is 13.2 Å². The normalized spacial score (nSPS) is 14.8. The van der Waals surface area contributed by atoms with Gasteiger partial charge in [0.25, 0.3) is 0 Å². The fourth-order valence-electron chi connectivity index (χ4n) is 3.49. The Hall–Kier alpha value is -3.36. The summed E-state index contributed by atoms with van der Waals surface area (Å²) in [5, 5.41) is 0.883. The van der Waals surface area contributed by atoms with Crippen LogP contribution in [0.15, 0.2) is 82.2 Å². The van der Waals surface area contributed by atoms with Crippen LogP contribution >= 0.6 is 0 Å². The van der Waals surface area contributed by atoms with Gasteiger partial charge in [0.2, 0.25) is 10.0 Å². The molecule has 0 bridgehead atoms. The third-order valence-electron chi connectivity index (χ3n) is 5.01. The Morgan fingerprint density at radius 3 is 2.52 bits per heavy atom. The van der Waals surface area contributed by atoms with Crippen LogP contribution in [-0.2, 0) is 10.0 Å². The third-order valence-corrected chi connectivity index (χ3v) is 6.44. The van der Waals surface area contributed by atoms with Gasteiger partial charge in [-0.15, -0.1) is 0 Å². The molecule has 2 aromatic heterocycles. The van der Waals surface area contributed by atoms with Gasteiger partial charge in [0.15, 0.2) is 11.5 Å². The number of hydrogen-bond donors (Lipinski definition) is 1. The Bertz CT molecular complexity index is 1290. The van der Waals surface area contributed by atoms with Crippen LogP contribution in [0.5, 0.6) is 11.5 Å². The Morgan fingerprint density at radius 2 is 1.71 bits per heavy atom. The number of hydrogen-bond acceptors (Lipinski definition) is 6. The first-order valence-corrected chi connectivity index (χ1v) is 11.4. The van der Waals surface area contributed by atoms with Gasteiger partial charge in [-0.05, 0) is 36.4 Å². The molecule has 1 atom stereocenters. The number of sulfonamides is 1. The maximum absolute atomic E-state index is 13.3. The highest BCUT2D eigenvalue weighted by molar-refractivity contribution is 7.89. The van der Waals surface area contributed by atoms with Crippen molar-refractivity contribution in [3.8, 4) is 11.5 Å². The van der Waals surface area contributed by atoms with Crippen LogP contribution in [0.4, 0.5) is 0 Å². The van der Waals surface area contributed by atoms with Crippen molar-refractivity contribution in [3.63, 3.8) is 0 Å². The lowest BCUT2D eigenvalue weighted by molar-refractivity contribution is 0.297. The lowest BCUT2D eigenvalue weighted by Crippen LogP contribution is -2.29. The van der Waals surface area contributed by atoms with Gasteiger partial charge in [0.1, 0.15) is 17.4 Å². The number of rotatable bonds is 5. The molecule has 0 saturated carbocycles. The van der Waals surface area contributed by atoms with E-state index in [1.807, 2.05) is 30.3 Å². The van der Waals surface area contributed by atoms with E-state index in [1.54, 1.807) is 30.5 Å². The number of nitrogens with zero attached hydrogens (tertiary/aromatic N) is 1. The molecule has 0 radical (unpaired) electrons. The maximum atomic E-state index is 13.3. The van der Waals surface area contributed by atoms with Crippen LogP contribution in [0, 0.1) is 0 Å². The molecule has 1 N–H and O–H groups in total. The van der Waals surface area contributed by atoms with Crippen molar-refractivity contribution >= 4 is 21.0 Å². The van der Waals surface area contributed by atoms with E-state index in [9.17, 15) is 8.42 Å². The molecule has 0 fully saturated rings. The predicted octanol–water partition coefficient (Wildman–Crippen LogP) is 4.06. The van der Waals surface area contributed by atoms with Crippen LogP contribution in [-0.4, -0.2) is 26.6 Å². The summed E-state index contributed by atoms with van der Waals surface area (Å²) in [6.07, 6.45) is 2.36. The maximum Gasteiger partial charge on any atom is 0.241 e. The molecule has 0 spiro atoms. The average molecular weight is 436 g/mol. The van der Waals surface area contributed by atoms with Crippen LogP contribution in [0.3, 0.4) is 0 Å². The van der Waals surface area contributed by atoms with E-state index in [1.165, 1.54) is 12.1 Å². The van der Waals surface area contributed by atoms with Gasteiger partial charge in [-0.2, -0.15) is 4.72 Å². The van der Waals surface area contributed by atoms with Gasteiger partial charge in [0, 0.05) is 24.1 Å². The second-order valence-corrected chi connectivity index (χ2v) is 8.87. The third kappa shape index (κ3) is 3.99. The molecule has 1 aliphatic heterocycles. The van der Waals surface area contributed by atoms with Crippen molar-refractivity contribution in [2.24, 2.45) is 0 Å². The SMILES string of the molecule is O=S(=O)(NC(c1ccccn1)c1cc2ccccc2o1)c1ccc2c(c1)OCCCO2. The number of aromatic nitrogens is 1. The first kappa shape index (κ1) is 19.6. The van der Waals surface area contributed by atoms with E-state index in [0.717, 1.165) is 11.8 Å². The van der Waals surface area contributed by atoms with Crippen molar-refractivity contribution in [2.45, 2.75) is 17.4 Å². The minimum Gasteiger partial charge on any atom is -0.490 e. The van der Waals surface area contributed by atoms with E-state index in [2.05, 4.69) is 9.71 Å². The Balaban J connectivity index is 1.54. The molecule has 4 aromatic rings. The number of benzene rings is 2. The van der Waals surface area contributed by atoms with Gasteiger partial charge in [-0.25, -0.2) is 8.42 Å². The number of fused-ring (bicyclic) bond motifs is 2. The van der Waals surface area contributed by atoms with E-state index in [0.29, 0.717) is 41.7 Å². The quantitative estimate of drug-likeness (QED) is 0.507. The first-order valence-electron chi connectivity index (χ1n) is 9.91. The standard InChI is InChI=1S/C23H20N2O5S/c26-31(27,17-9-10-20-21(15-17)29-13-5-12-28-20)25-23(18-7-3-4-11-24-18)22-14-16-6-1-2-8-19(16)30-22/h1-4,6-11,14-15,23,25H,5,12-13H2.